The molecule has 1 fully saturated rings. The molecule has 3 aromatic carbocycles. The van der Waals surface area contributed by atoms with Crippen molar-refractivity contribution in [3.05, 3.63) is 101 Å². The van der Waals surface area contributed by atoms with Crippen molar-refractivity contribution in [2.24, 2.45) is 5.92 Å². The van der Waals surface area contributed by atoms with E-state index in [9.17, 15) is 14.0 Å². The van der Waals surface area contributed by atoms with Gasteiger partial charge in [-0.15, -0.1) is 0 Å². The van der Waals surface area contributed by atoms with Crippen LogP contribution in [-0.4, -0.2) is 43.5 Å². The number of halogens is 1. The molecule has 0 spiro atoms. The molecule has 1 heterocycles. The number of amides is 2. The van der Waals surface area contributed by atoms with Crippen molar-refractivity contribution < 1.29 is 18.7 Å². The first-order valence-electron chi connectivity index (χ1n) is 11.5. The molecule has 34 heavy (non-hydrogen) atoms. The maximum Gasteiger partial charge on any atom is 0.256 e. The number of nitrogens with zero attached hydrogens (tertiary/aromatic N) is 1. The maximum absolute atomic E-state index is 14.3. The monoisotopic (exact) mass is 460 g/mol. The number of rotatable bonds is 7. The van der Waals surface area contributed by atoms with Crippen molar-refractivity contribution in [1.82, 2.24) is 10.2 Å². The van der Waals surface area contributed by atoms with Gasteiger partial charge >= 0.3 is 0 Å². The molecule has 1 aliphatic heterocycles. The van der Waals surface area contributed by atoms with Crippen molar-refractivity contribution in [3.8, 4) is 5.75 Å². The van der Waals surface area contributed by atoms with Gasteiger partial charge in [0.1, 0.15) is 11.6 Å². The fourth-order valence-electron chi connectivity index (χ4n) is 4.60. The first-order valence-corrected chi connectivity index (χ1v) is 11.5. The fourth-order valence-corrected chi connectivity index (χ4v) is 4.60. The molecule has 0 radical (unpaired) electrons. The van der Waals surface area contributed by atoms with E-state index in [-0.39, 0.29) is 35.8 Å². The maximum atomic E-state index is 14.3. The number of piperidine rings is 1. The number of hydrogen-bond donors (Lipinski definition) is 1. The lowest BCUT2D eigenvalue weighted by molar-refractivity contribution is -0.126. The van der Waals surface area contributed by atoms with Crippen LogP contribution in [0.25, 0.3) is 0 Å². The van der Waals surface area contributed by atoms with E-state index in [1.54, 1.807) is 24.1 Å². The average molecular weight is 461 g/mol. The Morgan fingerprint density at radius 1 is 0.971 bits per heavy atom. The molecule has 0 unspecified atom stereocenters. The van der Waals surface area contributed by atoms with Crippen molar-refractivity contribution in [2.45, 2.75) is 18.8 Å². The van der Waals surface area contributed by atoms with Crippen molar-refractivity contribution in [3.63, 3.8) is 0 Å². The molecule has 0 aromatic heterocycles. The first kappa shape index (κ1) is 23.5. The Morgan fingerprint density at radius 2 is 1.68 bits per heavy atom. The Labute approximate surface area is 199 Å². The summed E-state index contributed by atoms with van der Waals surface area (Å²) in [7, 11) is 1.63. The van der Waals surface area contributed by atoms with E-state index in [4.69, 9.17) is 4.74 Å². The second kappa shape index (κ2) is 11.0. The number of nitrogens with one attached hydrogen (secondary N) is 1. The summed E-state index contributed by atoms with van der Waals surface area (Å²) in [5, 5.41) is 3.03. The molecular formula is C28H29FN2O3. The lowest BCUT2D eigenvalue weighted by Gasteiger charge is -2.37. The summed E-state index contributed by atoms with van der Waals surface area (Å²) in [6, 6.07) is 23.6. The molecular weight excluding hydrogens is 431 g/mol. The number of carbonyl (C=O) groups is 2. The van der Waals surface area contributed by atoms with Gasteiger partial charge in [-0.2, -0.15) is 0 Å². The lowest BCUT2D eigenvalue weighted by atomic mass is 9.83. The van der Waals surface area contributed by atoms with Crippen molar-refractivity contribution >= 4 is 11.8 Å². The summed E-state index contributed by atoms with van der Waals surface area (Å²) in [6.07, 6.45) is 1.27. The number of para-hydroxylation sites is 1. The number of hydrogen-bond acceptors (Lipinski definition) is 3. The Kier molecular flexibility index (Phi) is 7.58. The zero-order chi connectivity index (χ0) is 23.9. The van der Waals surface area contributed by atoms with Crippen LogP contribution in [0.4, 0.5) is 4.39 Å². The molecule has 1 aliphatic rings. The van der Waals surface area contributed by atoms with Gasteiger partial charge in [-0.05, 0) is 42.2 Å². The van der Waals surface area contributed by atoms with Gasteiger partial charge in [0.05, 0.1) is 18.6 Å². The van der Waals surface area contributed by atoms with E-state index in [1.165, 1.54) is 12.1 Å². The molecule has 0 bridgehead atoms. The van der Waals surface area contributed by atoms with E-state index >= 15 is 0 Å². The predicted molar refractivity (Wildman–Crippen MR) is 129 cm³/mol. The van der Waals surface area contributed by atoms with E-state index in [2.05, 4.69) is 5.32 Å². The van der Waals surface area contributed by atoms with E-state index in [0.29, 0.717) is 25.9 Å². The number of likely N-dealkylation sites (tertiary alicyclic amines) is 1. The molecule has 1 N–H and O–H groups in total. The summed E-state index contributed by atoms with van der Waals surface area (Å²) in [6.45, 7) is 1.17. The van der Waals surface area contributed by atoms with Gasteiger partial charge in [0.2, 0.25) is 5.91 Å². The van der Waals surface area contributed by atoms with Crippen LogP contribution in [0.5, 0.6) is 5.75 Å². The molecule has 5 nitrogen and oxygen atoms in total. The smallest absolute Gasteiger partial charge is 0.256 e. The van der Waals surface area contributed by atoms with Gasteiger partial charge in [-0.1, -0.05) is 60.7 Å². The average Bonchev–Trinajstić information content (AvgIpc) is 2.89. The van der Waals surface area contributed by atoms with Crippen LogP contribution < -0.4 is 10.1 Å². The molecule has 2 amide bonds. The van der Waals surface area contributed by atoms with Crippen LogP contribution >= 0.6 is 0 Å². The van der Waals surface area contributed by atoms with Crippen LogP contribution in [0, 0.1) is 11.7 Å². The zero-order valence-electron chi connectivity index (χ0n) is 19.2. The van der Waals surface area contributed by atoms with Gasteiger partial charge in [0.15, 0.2) is 0 Å². The summed E-state index contributed by atoms with van der Waals surface area (Å²) in [4.78, 5) is 27.9. The second-order valence-corrected chi connectivity index (χ2v) is 8.58. The molecule has 0 aliphatic carbocycles. The Balaban J connectivity index is 1.48. The van der Waals surface area contributed by atoms with Crippen LogP contribution in [0.2, 0.25) is 0 Å². The van der Waals surface area contributed by atoms with E-state index in [1.807, 2.05) is 54.6 Å². The van der Waals surface area contributed by atoms with Gasteiger partial charge in [-0.25, -0.2) is 4.39 Å². The Bertz CT molecular complexity index is 1140. The molecule has 6 heteroatoms. The minimum Gasteiger partial charge on any atom is -0.496 e. The third-order valence-electron chi connectivity index (χ3n) is 6.37. The van der Waals surface area contributed by atoms with Gasteiger partial charge in [-0.3, -0.25) is 9.59 Å². The number of ether oxygens (including phenoxy) is 1. The molecule has 0 saturated carbocycles. The second-order valence-electron chi connectivity index (χ2n) is 8.58. The summed E-state index contributed by atoms with van der Waals surface area (Å²) < 4.78 is 19.7. The highest BCUT2D eigenvalue weighted by Crippen LogP contribution is 2.31. The van der Waals surface area contributed by atoms with Crippen molar-refractivity contribution in [1.29, 1.82) is 0 Å². The van der Waals surface area contributed by atoms with Gasteiger partial charge < -0.3 is 15.0 Å². The van der Waals surface area contributed by atoms with Crippen LogP contribution in [0.15, 0.2) is 78.9 Å². The number of carbonyl (C=O) groups excluding carboxylic acids is 2. The largest absolute Gasteiger partial charge is 0.496 e. The minimum atomic E-state index is -0.549. The molecule has 176 valence electrons. The topological polar surface area (TPSA) is 58.6 Å². The highest BCUT2D eigenvalue weighted by Gasteiger charge is 2.35. The summed E-state index contributed by atoms with van der Waals surface area (Å²) >= 11 is 0. The van der Waals surface area contributed by atoms with E-state index < -0.39 is 5.82 Å². The van der Waals surface area contributed by atoms with Crippen LogP contribution in [0.1, 0.15) is 33.8 Å². The third-order valence-corrected chi connectivity index (χ3v) is 6.37. The first-order chi connectivity index (χ1) is 16.6. The molecule has 1 saturated heterocycles. The zero-order valence-corrected chi connectivity index (χ0v) is 19.2. The Morgan fingerprint density at radius 3 is 2.44 bits per heavy atom. The summed E-state index contributed by atoms with van der Waals surface area (Å²) in [5.41, 5.74) is 2.12. The fraction of sp³-hybridized carbons (Fsp3) is 0.286. The third kappa shape index (κ3) is 5.45. The van der Waals surface area contributed by atoms with Crippen LogP contribution in [-0.2, 0) is 11.2 Å². The quantitative estimate of drug-likeness (QED) is 0.567. The SMILES string of the molecule is COc1ccccc1CCNC(=O)[C@@H]1C[C@H](c2ccccc2)CN(C(=O)c2ccccc2F)C1. The molecule has 3 aromatic rings. The number of methoxy groups -OCH3 is 1. The van der Waals surface area contributed by atoms with E-state index in [0.717, 1.165) is 16.9 Å². The minimum absolute atomic E-state index is 0.00404. The predicted octanol–water partition coefficient (Wildman–Crippen LogP) is 4.44. The standard InChI is InChI=1S/C28H29FN2O3/c1-34-26-14-8-5-11-21(26)15-16-30-27(32)23-17-22(20-9-3-2-4-10-20)18-31(19-23)28(33)24-12-6-7-13-25(24)29/h2-14,22-23H,15-19H2,1H3,(H,30,32)/t22-,23+/m0/s1. The van der Waals surface area contributed by atoms with Gasteiger partial charge in [0, 0.05) is 25.6 Å². The normalized spacial score (nSPS) is 17.8. The highest BCUT2D eigenvalue weighted by molar-refractivity contribution is 5.95. The highest BCUT2D eigenvalue weighted by atomic mass is 19.1. The lowest BCUT2D eigenvalue weighted by Crippen LogP contribution is -2.48. The molecule has 4 rings (SSSR count). The van der Waals surface area contributed by atoms with Gasteiger partial charge in [0.25, 0.3) is 5.91 Å². The molecule has 2 atom stereocenters. The van der Waals surface area contributed by atoms with Crippen molar-refractivity contribution in [2.75, 3.05) is 26.7 Å². The number of benzene rings is 3. The summed E-state index contributed by atoms with van der Waals surface area (Å²) in [5.74, 6) is -0.622. The Hall–Kier alpha value is -3.67. The van der Waals surface area contributed by atoms with Crippen LogP contribution in [0.3, 0.4) is 0 Å².